The van der Waals surface area contributed by atoms with Crippen LogP contribution in [0.1, 0.15) is 45.4 Å². The van der Waals surface area contributed by atoms with E-state index in [1.165, 1.54) is 18.5 Å². The molecule has 30 heavy (non-hydrogen) atoms. The van der Waals surface area contributed by atoms with Crippen LogP contribution in [0.25, 0.3) is 0 Å². The van der Waals surface area contributed by atoms with Crippen LogP contribution < -0.4 is 4.90 Å². The number of nitrogens with zero attached hydrogens (tertiary/aromatic N) is 4. The van der Waals surface area contributed by atoms with E-state index in [0.29, 0.717) is 6.61 Å². The first-order chi connectivity index (χ1) is 14.7. The van der Waals surface area contributed by atoms with Gasteiger partial charge in [0.05, 0.1) is 18.6 Å². The second kappa shape index (κ2) is 10.6. The van der Waals surface area contributed by atoms with Crippen molar-refractivity contribution in [1.82, 2.24) is 14.8 Å². The summed E-state index contributed by atoms with van der Waals surface area (Å²) in [6, 6.07) is 4.18. The SMILES string of the molecule is CCOC(=O)[C@H]1CC[C@H](OC(N2CCCC2)N2CCN(c3ccncc3)CC2)CC1. The molecular formula is C23H36N4O3. The van der Waals surface area contributed by atoms with Crippen molar-refractivity contribution >= 4 is 11.7 Å². The summed E-state index contributed by atoms with van der Waals surface area (Å²) < 4.78 is 11.9. The molecule has 166 valence electrons. The van der Waals surface area contributed by atoms with Gasteiger partial charge in [-0.2, -0.15) is 0 Å². The summed E-state index contributed by atoms with van der Waals surface area (Å²) in [7, 11) is 0. The fraction of sp³-hybridized carbons (Fsp3) is 0.739. The van der Waals surface area contributed by atoms with Crippen LogP contribution in [-0.4, -0.2) is 79.1 Å². The zero-order valence-electron chi connectivity index (χ0n) is 18.2. The lowest BCUT2D eigenvalue weighted by atomic mass is 9.87. The fourth-order valence-corrected chi connectivity index (χ4v) is 4.99. The standard InChI is InChI=1S/C23H36N4O3/c1-2-29-22(28)19-5-7-21(8-6-19)30-23(26-13-3-4-14-26)27-17-15-25(16-18-27)20-9-11-24-12-10-20/h9-12,19,21,23H,2-8,13-18H2,1H3/t19-,21-,23?. The molecule has 1 atom stereocenters. The molecule has 7 heteroatoms. The lowest BCUT2D eigenvalue weighted by molar-refractivity contribution is -0.185. The Morgan fingerprint density at radius 1 is 1.00 bits per heavy atom. The van der Waals surface area contributed by atoms with Gasteiger partial charge in [0.2, 0.25) is 0 Å². The average Bonchev–Trinajstić information content (AvgIpc) is 3.33. The molecule has 0 bridgehead atoms. The van der Waals surface area contributed by atoms with E-state index in [2.05, 4.69) is 31.8 Å². The van der Waals surface area contributed by atoms with Gasteiger partial charge in [-0.25, -0.2) is 0 Å². The molecule has 3 aliphatic rings. The molecule has 2 aliphatic heterocycles. The summed E-state index contributed by atoms with van der Waals surface area (Å²) in [6.07, 6.45) is 10.2. The molecule has 1 aromatic heterocycles. The van der Waals surface area contributed by atoms with Crippen molar-refractivity contribution in [1.29, 1.82) is 0 Å². The molecule has 3 fully saturated rings. The van der Waals surface area contributed by atoms with Crippen molar-refractivity contribution in [2.45, 2.75) is 57.9 Å². The van der Waals surface area contributed by atoms with Crippen molar-refractivity contribution in [2.75, 3.05) is 50.8 Å². The van der Waals surface area contributed by atoms with Crippen LogP contribution in [0.15, 0.2) is 24.5 Å². The number of likely N-dealkylation sites (tertiary alicyclic amines) is 1. The number of anilines is 1. The monoisotopic (exact) mass is 416 g/mol. The molecule has 4 rings (SSSR count). The molecule has 0 spiro atoms. The first-order valence-corrected chi connectivity index (χ1v) is 11.7. The predicted octanol–water partition coefficient (Wildman–Crippen LogP) is 2.72. The molecular weight excluding hydrogens is 380 g/mol. The Hall–Kier alpha value is -1.70. The Morgan fingerprint density at radius 3 is 2.27 bits per heavy atom. The van der Waals surface area contributed by atoms with E-state index in [1.807, 2.05) is 19.3 Å². The first-order valence-electron chi connectivity index (χ1n) is 11.7. The van der Waals surface area contributed by atoms with Gasteiger partial charge in [-0.3, -0.25) is 19.6 Å². The van der Waals surface area contributed by atoms with Crippen LogP contribution in [0, 0.1) is 5.92 Å². The molecule has 0 radical (unpaired) electrons. The van der Waals surface area contributed by atoms with Gasteiger partial charge >= 0.3 is 5.97 Å². The van der Waals surface area contributed by atoms with E-state index in [1.54, 1.807) is 0 Å². The third-order valence-corrected chi connectivity index (χ3v) is 6.72. The number of esters is 1. The van der Waals surface area contributed by atoms with Crippen LogP contribution >= 0.6 is 0 Å². The molecule has 2 saturated heterocycles. The maximum Gasteiger partial charge on any atom is 0.308 e. The topological polar surface area (TPSA) is 58.1 Å². The van der Waals surface area contributed by atoms with Crippen molar-refractivity contribution in [2.24, 2.45) is 5.92 Å². The van der Waals surface area contributed by atoms with Gasteiger partial charge in [-0.15, -0.1) is 0 Å². The van der Waals surface area contributed by atoms with Gasteiger partial charge in [0.15, 0.2) is 6.35 Å². The second-order valence-electron chi connectivity index (χ2n) is 8.66. The normalized spacial score (nSPS) is 27.2. The number of pyridine rings is 1. The number of hydrogen-bond acceptors (Lipinski definition) is 7. The number of carbonyl (C=O) groups excluding carboxylic acids is 1. The zero-order chi connectivity index (χ0) is 20.8. The van der Waals surface area contributed by atoms with Crippen LogP contribution in [-0.2, 0) is 14.3 Å². The lowest BCUT2D eigenvalue weighted by Gasteiger charge is -2.44. The van der Waals surface area contributed by atoms with E-state index in [0.717, 1.165) is 65.0 Å². The van der Waals surface area contributed by atoms with Gasteiger partial charge < -0.3 is 14.4 Å². The molecule has 1 aromatic rings. The molecule has 1 aliphatic carbocycles. The van der Waals surface area contributed by atoms with Crippen molar-refractivity contribution in [3.63, 3.8) is 0 Å². The number of ether oxygens (including phenoxy) is 2. The highest BCUT2D eigenvalue weighted by molar-refractivity contribution is 5.72. The Kier molecular flexibility index (Phi) is 7.57. The van der Waals surface area contributed by atoms with Crippen molar-refractivity contribution in [3.05, 3.63) is 24.5 Å². The number of rotatable bonds is 7. The molecule has 0 amide bonds. The lowest BCUT2D eigenvalue weighted by Crippen LogP contribution is -2.57. The van der Waals surface area contributed by atoms with Crippen LogP contribution in [0.3, 0.4) is 0 Å². The van der Waals surface area contributed by atoms with E-state index in [-0.39, 0.29) is 24.3 Å². The summed E-state index contributed by atoms with van der Waals surface area (Å²) in [4.78, 5) is 23.6. The zero-order valence-corrected chi connectivity index (χ0v) is 18.2. The highest BCUT2D eigenvalue weighted by Crippen LogP contribution is 2.30. The number of carbonyl (C=O) groups is 1. The maximum atomic E-state index is 12.0. The predicted molar refractivity (Wildman–Crippen MR) is 116 cm³/mol. The van der Waals surface area contributed by atoms with Crippen LogP contribution in [0.2, 0.25) is 0 Å². The summed E-state index contributed by atoms with van der Waals surface area (Å²) in [5, 5.41) is 0. The minimum absolute atomic E-state index is 0.0284. The van der Waals surface area contributed by atoms with E-state index in [4.69, 9.17) is 9.47 Å². The Bertz CT molecular complexity index is 652. The van der Waals surface area contributed by atoms with E-state index in [9.17, 15) is 4.79 Å². The largest absolute Gasteiger partial charge is 0.466 e. The summed E-state index contributed by atoms with van der Waals surface area (Å²) >= 11 is 0. The first kappa shape index (κ1) is 21.5. The molecule has 1 unspecified atom stereocenters. The van der Waals surface area contributed by atoms with Crippen LogP contribution in [0.5, 0.6) is 0 Å². The molecule has 3 heterocycles. The summed E-state index contributed by atoms with van der Waals surface area (Å²) in [6.45, 7) is 8.60. The molecule has 0 N–H and O–H groups in total. The van der Waals surface area contributed by atoms with Crippen molar-refractivity contribution < 1.29 is 14.3 Å². The van der Waals surface area contributed by atoms with E-state index >= 15 is 0 Å². The highest BCUT2D eigenvalue weighted by atomic mass is 16.5. The fourth-order valence-electron chi connectivity index (χ4n) is 4.99. The Balaban J connectivity index is 1.32. The molecule has 0 aromatic carbocycles. The van der Waals surface area contributed by atoms with Gasteiger partial charge in [0.1, 0.15) is 0 Å². The quantitative estimate of drug-likeness (QED) is 0.634. The number of hydrogen-bond donors (Lipinski definition) is 0. The highest BCUT2D eigenvalue weighted by Gasteiger charge is 2.35. The van der Waals surface area contributed by atoms with E-state index < -0.39 is 0 Å². The van der Waals surface area contributed by atoms with Crippen LogP contribution in [0.4, 0.5) is 5.69 Å². The average molecular weight is 417 g/mol. The maximum absolute atomic E-state index is 12.0. The minimum atomic E-state index is -0.0284. The smallest absolute Gasteiger partial charge is 0.308 e. The second-order valence-corrected chi connectivity index (χ2v) is 8.66. The van der Waals surface area contributed by atoms with Gasteiger partial charge in [-0.05, 0) is 57.6 Å². The third kappa shape index (κ3) is 5.31. The number of aromatic nitrogens is 1. The Morgan fingerprint density at radius 2 is 1.63 bits per heavy atom. The summed E-state index contributed by atoms with van der Waals surface area (Å²) in [5.74, 6) is 0.0261. The molecule has 1 saturated carbocycles. The van der Waals surface area contributed by atoms with Gasteiger partial charge in [0, 0.05) is 57.3 Å². The van der Waals surface area contributed by atoms with Gasteiger partial charge in [-0.1, -0.05) is 0 Å². The van der Waals surface area contributed by atoms with Gasteiger partial charge in [0.25, 0.3) is 0 Å². The minimum Gasteiger partial charge on any atom is -0.466 e. The Labute approximate surface area is 180 Å². The summed E-state index contributed by atoms with van der Waals surface area (Å²) in [5.41, 5.74) is 1.25. The van der Waals surface area contributed by atoms with Crippen molar-refractivity contribution in [3.8, 4) is 0 Å². The number of piperazine rings is 1. The third-order valence-electron chi connectivity index (χ3n) is 6.72. The molecule has 7 nitrogen and oxygen atoms in total.